The summed E-state index contributed by atoms with van der Waals surface area (Å²) in [6.45, 7) is 2.39. The maximum absolute atomic E-state index is 13.5. The molecule has 0 bridgehead atoms. The van der Waals surface area contributed by atoms with Gasteiger partial charge in [-0.2, -0.15) is 0 Å². The molecule has 8 heteroatoms. The molecule has 168 valence electrons. The molecule has 0 unspecified atom stereocenters. The van der Waals surface area contributed by atoms with Gasteiger partial charge in [-0.25, -0.2) is 8.78 Å². The van der Waals surface area contributed by atoms with Crippen molar-refractivity contribution in [3.8, 4) is 5.75 Å². The molecule has 1 aromatic heterocycles. The number of halogens is 2. The first-order valence-electron chi connectivity index (χ1n) is 10.4. The Morgan fingerprint density at radius 2 is 1.44 bits per heavy atom. The Bertz CT molecular complexity index is 1060. The van der Waals surface area contributed by atoms with Gasteiger partial charge in [-0.05, 0) is 35.4 Å². The van der Waals surface area contributed by atoms with Crippen LogP contribution in [0.5, 0.6) is 5.75 Å². The number of rotatable bonds is 6. The molecule has 0 aliphatic carbocycles. The van der Waals surface area contributed by atoms with E-state index in [1.54, 1.807) is 24.3 Å². The summed E-state index contributed by atoms with van der Waals surface area (Å²) in [6.07, 6.45) is 0. The average Bonchev–Trinajstić information content (AvgIpc) is 2.80. The lowest BCUT2D eigenvalue weighted by molar-refractivity contribution is 0.0967. The number of aliphatic hydroxyl groups is 1. The summed E-state index contributed by atoms with van der Waals surface area (Å²) < 4.78 is 32.4. The molecule has 32 heavy (non-hydrogen) atoms. The molecule has 2 heterocycles. The average molecular weight is 442 g/mol. The number of nitrogens with zero attached hydrogens (tertiary/aromatic N) is 2. The van der Waals surface area contributed by atoms with Crippen molar-refractivity contribution in [3.63, 3.8) is 0 Å². The number of benzene rings is 2. The molecule has 0 radical (unpaired) electrons. The summed E-state index contributed by atoms with van der Waals surface area (Å²) in [4.78, 5) is 16.1. The van der Waals surface area contributed by atoms with Gasteiger partial charge in [0.2, 0.25) is 11.2 Å². The van der Waals surface area contributed by atoms with Gasteiger partial charge in [-0.1, -0.05) is 24.3 Å². The van der Waals surface area contributed by atoms with Crippen molar-refractivity contribution in [2.45, 2.75) is 19.2 Å². The smallest absolute Gasteiger partial charge is 0.227 e. The topological polar surface area (TPSA) is 77.2 Å². The molecule has 3 aromatic rings. The van der Waals surface area contributed by atoms with Gasteiger partial charge in [0.25, 0.3) is 0 Å². The molecule has 6 nitrogen and oxygen atoms in total. The lowest BCUT2D eigenvalue weighted by atomic mass is 9.96. The predicted octanol–water partition coefficient (Wildman–Crippen LogP) is 3.02. The molecule has 2 N–H and O–H groups in total. The standard InChI is InChI=1S/C24H24F2N2O4/c25-18-5-1-16(2-6-18)23(17-3-7-19(26)8-4-17)28-11-9-27(10-12-28)14-22-24(31)21(30)13-20(15-29)32-22/h1-8,13,23,29,31H,9-12,14-15H2. The molecule has 1 saturated heterocycles. The molecule has 0 atom stereocenters. The minimum atomic E-state index is -0.582. The van der Waals surface area contributed by atoms with Gasteiger partial charge in [0, 0.05) is 32.2 Å². The number of aromatic hydroxyl groups is 1. The quantitative estimate of drug-likeness (QED) is 0.611. The third-order valence-corrected chi connectivity index (χ3v) is 5.71. The van der Waals surface area contributed by atoms with E-state index in [9.17, 15) is 23.8 Å². The van der Waals surface area contributed by atoms with Crippen molar-refractivity contribution in [1.29, 1.82) is 0 Å². The summed E-state index contributed by atoms with van der Waals surface area (Å²) in [6, 6.07) is 13.5. The zero-order valence-corrected chi connectivity index (χ0v) is 17.4. The summed E-state index contributed by atoms with van der Waals surface area (Å²) in [5.74, 6) is -0.844. The fraction of sp³-hybridized carbons (Fsp3) is 0.292. The molecule has 1 fully saturated rings. The van der Waals surface area contributed by atoms with E-state index < -0.39 is 17.8 Å². The largest absolute Gasteiger partial charge is 0.502 e. The molecule has 2 aromatic carbocycles. The van der Waals surface area contributed by atoms with E-state index in [2.05, 4.69) is 4.90 Å². The summed E-state index contributed by atoms with van der Waals surface area (Å²) >= 11 is 0. The van der Waals surface area contributed by atoms with Gasteiger partial charge < -0.3 is 14.6 Å². The predicted molar refractivity (Wildman–Crippen MR) is 114 cm³/mol. The van der Waals surface area contributed by atoms with E-state index in [0.717, 1.165) is 17.2 Å². The fourth-order valence-electron chi connectivity index (χ4n) is 4.06. The van der Waals surface area contributed by atoms with Crippen LogP contribution in [0.15, 0.2) is 63.8 Å². The van der Waals surface area contributed by atoms with E-state index in [4.69, 9.17) is 4.42 Å². The number of aliphatic hydroxyl groups excluding tert-OH is 1. The van der Waals surface area contributed by atoms with Crippen molar-refractivity contribution in [1.82, 2.24) is 9.80 Å². The highest BCUT2D eigenvalue weighted by Gasteiger charge is 2.27. The van der Waals surface area contributed by atoms with E-state index in [-0.39, 0.29) is 35.7 Å². The first-order valence-corrected chi connectivity index (χ1v) is 10.4. The molecule has 4 rings (SSSR count). The van der Waals surface area contributed by atoms with Crippen LogP contribution in [0.25, 0.3) is 0 Å². The third kappa shape index (κ3) is 4.88. The van der Waals surface area contributed by atoms with Gasteiger partial charge >= 0.3 is 0 Å². The van der Waals surface area contributed by atoms with Crippen LogP contribution in [0, 0.1) is 11.6 Å². The Morgan fingerprint density at radius 3 is 1.94 bits per heavy atom. The fourth-order valence-corrected chi connectivity index (χ4v) is 4.06. The van der Waals surface area contributed by atoms with Crippen molar-refractivity contribution >= 4 is 0 Å². The van der Waals surface area contributed by atoms with Crippen molar-refractivity contribution < 1.29 is 23.4 Å². The lowest BCUT2D eigenvalue weighted by Crippen LogP contribution is -2.47. The van der Waals surface area contributed by atoms with Crippen LogP contribution >= 0.6 is 0 Å². The molecular formula is C24H24F2N2O4. The lowest BCUT2D eigenvalue weighted by Gasteiger charge is -2.39. The second-order valence-electron chi connectivity index (χ2n) is 7.82. The summed E-state index contributed by atoms with van der Waals surface area (Å²) in [5, 5.41) is 19.3. The summed E-state index contributed by atoms with van der Waals surface area (Å²) in [5.41, 5.74) is 1.23. The summed E-state index contributed by atoms with van der Waals surface area (Å²) in [7, 11) is 0. The monoisotopic (exact) mass is 442 g/mol. The highest BCUT2D eigenvalue weighted by molar-refractivity contribution is 5.32. The first kappa shape index (κ1) is 22.1. The van der Waals surface area contributed by atoms with E-state index in [0.29, 0.717) is 26.2 Å². The van der Waals surface area contributed by atoms with Crippen molar-refractivity contribution in [2.24, 2.45) is 0 Å². The van der Waals surface area contributed by atoms with Crippen LogP contribution in [0.3, 0.4) is 0 Å². The highest BCUT2D eigenvalue weighted by atomic mass is 19.1. The van der Waals surface area contributed by atoms with Gasteiger partial charge in [-0.3, -0.25) is 14.6 Å². The van der Waals surface area contributed by atoms with Gasteiger partial charge in [0.05, 0.1) is 12.6 Å². The molecule has 0 spiro atoms. The maximum atomic E-state index is 13.5. The number of hydrogen-bond donors (Lipinski definition) is 2. The Labute approximate surface area is 183 Å². The zero-order chi connectivity index (χ0) is 22.7. The van der Waals surface area contributed by atoms with E-state index in [1.165, 1.54) is 24.3 Å². The maximum Gasteiger partial charge on any atom is 0.227 e. The Hall–Kier alpha value is -3.07. The number of hydrogen-bond acceptors (Lipinski definition) is 6. The van der Waals surface area contributed by atoms with Crippen molar-refractivity contribution in [2.75, 3.05) is 26.2 Å². The van der Waals surface area contributed by atoms with Crippen LogP contribution < -0.4 is 5.43 Å². The van der Waals surface area contributed by atoms with Crippen LogP contribution in [-0.2, 0) is 13.2 Å². The van der Waals surface area contributed by atoms with Gasteiger partial charge in [0.15, 0.2) is 5.76 Å². The van der Waals surface area contributed by atoms with E-state index in [1.807, 2.05) is 4.90 Å². The Balaban J connectivity index is 1.51. The zero-order valence-electron chi connectivity index (χ0n) is 17.4. The van der Waals surface area contributed by atoms with Crippen LogP contribution in [0.1, 0.15) is 28.7 Å². The third-order valence-electron chi connectivity index (χ3n) is 5.71. The first-order chi connectivity index (χ1) is 15.4. The van der Waals surface area contributed by atoms with Gasteiger partial charge in [0.1, 0.15) is 24.0 Å². The normalized spacial score (nSPS) is 15.4. The molecule has 1 aliphatic heterocycles. The second-order valence-corrected chi connectivity index (χ2v) is 7.82. The van der Waals surface area contributed by atoms with E-state index >= 15 is 0 Å². The molecule has 1 aliphatic rings. The van der Waals surface area contributed by atoms with Crippen LogP contribution in [0.4, 0.5) is 8.78 Å². The van der Waals surface area contributed by atoms with Crippen molar-refractivity contribution in [3.05, 3.63) is 99.1 Å². The van der Waals surface area contributed by atoms with Crippen LogP contribution in [0.2, 0.25) is 0 Å². The number of piperazine rings is 1. The minimum absolute atomic E-state index is 0.106. The highest BCUT2D eigenvalue weighted by Crippen LogP contribution is 2.30. The van der Waals surface area contributed by atoms with Gasteiger partial charge in [-0.15, -0.1) is 0 Å². The minimum Gasteiger partial charge on any atom is -0.502 e. The SMILES string of the molecule is O=c1cc(CO)oc(CN2CCN(C(c3ccc(F)cc3)c3ccc(F)cc3)CC2)c1O. The molecule has 0 amide bonds. The Morgan fingerprint density at radius 1 is 0.906 bits per heavy atom. The second kappa shape index (κ2) is 9.60. The molecule has 0 saturated carbocycles. The Kier molecular flexibility index (Phi) is 6.64. The van der Waals surface area contributed by atoms with Crippen LogP contribution in [-0.4, -0.2) is 46.2 Å². The molecular weight excluding hydrogens is 418 g/mol.